The Bertz CT molecular complexity index is 1000. The highest BCUT2D eigenvalue weighted by Gasteiger charge is 2.35. The average Bonchev–Trinajstić information content (AvgIpc) is 3.52. The highest BCUT2D eigenvalue weighted by atomic mass is 16.5. The van der Waals surface area contributed by atoms with Crippen molar-refractivity contribution in [2.24, 2.45) is 0 Å². The summed E-state index contributed by atoms with van der Waals surface area (Å²) in [5.41, 5.74) is 3.10. The van der Waals surface area contributed by atoms with Crippen LogP contribution in [0.1, 0.15) is 28.8 Å². The van der Waals surface area contributed by atoms with Gasteiger partial charge in [0.25, 0.3) is 5.91 Å². The number of amides is 1. The third-order valence-electron chi connectivity index (χ3n) is 5.58. The minimum absolute atomic E-state index is 0.113. The van der Waals surface area contributed by atoms with E-state index in [-0.39, 0.29) is 5.91 Å². The maximum Gasteiger partial charge on any atom is 0.260 e. The fraction of sp³-hybridized carbons (Fsp3) is 0.261. The van der Waals surface area contributed by atoms with E-state index in [0.29, 0.717) is 12.7 Å². The number of nitrogens with zero attached hydrogens (tertiary/aromatic N) is 2. The molecular formula is C23H22N2O2. The molecule has 1 amide bonds. The van der Waals surface area contributed by atoms with Gasteiger partial charge in [-0.15, -0.1) is 0 Å². The van der Waals surface area contributed by atoms with Crippen molar-refractivity contribution in [3.05, 3.63) is 71.8 Å². The third-order valence-corrected chi connectivity index (χ3v) is 5.58. The van der Waals surface area contributed by atoms with E-state index < -0.39 is 0 Å². The molecule has 1 fully saturated rings. The summed E-state index contributed by atoms with van der Waals surface area (Å²) in [5.74, 6) is 0.982. The number of anilines is 1. The molecule has 5 rings (SSSR count). The number of benzene rings is 3. The lowest BCUT2D eigenvalue weighted by molar-refractivity contribution is 0.0970. The molecule has 27 heavy (non-hydrogen) atoms. The maximum atomic E-state index is 13.1. The molecule has 3 aromatic rings. The van der Waals surface area contributed by atoms with Gasteiger partial charge in [-0.1, -0.05) is 36.4 Å². The van der Waals surface area contributed by atoms with Gasteiger partial charge in [0.2, 0.25) is 0 Å². The van der Waals surface area contributed by atoms with E-state index in [2.05, 4.69) is 35.2 Å². The summed E-state index contributed by atoms with van der Waals surface area (Å²) in [5, 5.41) is 2.22. The molecule has 0 unspecified atom stereocenters. The number of methoxy groups -OCH3 is 1. The smallest absolute Gasteiger partial charge is 0.260 e. The van der Waals surface area contributed by atoms with Crippen LogP contribution in [0.2, 0.25) is 0 Å². The average molecular weight is 358 g/mol. The fourth-order valence-electron chi connectivity index (χ4n) is 4.00. The van der Waals surface area contributed by atoms with E-state index in [1.54, 1.807) is 7.11 Å². The Morgan fingerprint density at radius 2 is 1.78 bits per heavy atom. The normalized spacial score (nSPS) is 15.8. The lowest BCUT2D eigenvalue weighted by Gasteiger charge is -2.28. The van der Waals surface area contributed by atoms with Crippen LogP contribution in [0.5, 0.6) is 5.75 Å². The maximum absolute atomic E-state index is 13.1. The molecular weight excluding hydrogens is 336 g/mol. The summed E-state index contributed by atoms with van der Waals surface area (Å²) in [7, 11) is 1.68. The van der Waals surface area contributed by atoms with Crippen LogP contribution < -0.4 is 9.64 Å². The number of hydrogen-bond acceptors (Lipinski definition) is 3. The zero-order valence-electron chi connectivity index (χ0n) is 15.4. The van der Waals surface area contributed by atoms with E-state index in [4.69, 9.17) is 4.74 Å². The van der Waals surface area contributed by atoms with E-state index in [9.17, 15) is 4.79 Å². The molecule has 1 heterocycles. The Morgan fingerprint density at radius 3 is 2.48 bits per heavy atom. The predicted octanol–water partition coefficient (Wildman–Crippen LogP) is 4.43. The van der Waals surface area contributed by atoms with Crippen molar-refractivity contribution < 1.29 is 9.53 Å². The van der Waals surface area contributed by atoms with Crippen molar-refractivity contribution >= 4 is 22.4 Å². The Morgan fingerprint density at radius 1 is 1.04 bits per heavy atom. The van der Waals surface area contributed by atoms with Crippen LogP contribution in [0.3, 0.4) is 0 Å². The number of carbonyl (C=O) groups excluding carboxylic acids is 1. The largest absolute Gasteiger partial charge is 0.497 e. The monoisotopic (exact) mass is 358 g/mol. The van der Waals surface area contributed by atoms with E-state index >= 15 is 0 Å². The van der Waals surface area contributed by atoms with Crippen LogP contribution in [0.15, 0.2) is 60.7 Å². The van der Waals surface area contributed by atoms with E-state index in [1.165, 1.54) is 18.4 Å². The number of hydrogen-bond donors (Lipinski definition) is 0. The molecule has 3 aromatic carbocycles. The number of carbonyl (C=O) groups is 1. The predicted molar refractivity (Wildman–Crippen MR) is 107 cm³/mol. The third kappa shape index (κ3) is 2.86. The van der Waals surface area contributed by atoms with Crippen LogP contribution in [0.25, 0.3) is 10.8 Å². The summed E-state index contributed by atoms with van der Waals surface area (Å²) >= 11 is 0. The molecule has 4 nitrogen and oxygen atoms in total. The zero-order valence-corrected chi connectivity index (χ0v) is 15.4. The van der Waals surface area contributed by atoms with Crippen molar-refractivity contribution in [2.45, 2.75) is 25.4 Å². The van der Waals surface area contributed by atoms with Crippen LogP contribution in [-0.2, 0) is 6.54 Å². The molecule has 0 aromatic heterocycles. The highest BCUT2D eigenvalue weighted by molar-refractivity contribution is 6.24. The van der Waals surface area contributed by atoms with Crippen LogP contribution >= 0.6 is 0 Å². The first-order valence-electron chi connectivity index (χ1n) is 9.45. The minimum Gasteiger partial charge on any atom is -0.497 e. The molecule has 1 saturated carbocycles. The van der Waals surface area contributed by atoms with Crippen molar-refractivity contribution in [1.29, 1.82) is 0 Å². The highest BCUT2D eigenvalue weighted by Crippen LogP contribution is 2.38. The Kier molecular flexibility index (Phi) is 3.87. The molecule has 0 radical (unpaired) electrons. The Labute approximate surface area is 159 Å². The van der Waals surface area contributed by atoms with Crippen molar-refractivity contribution in [2.75, 3.05) is 18.7 Å². The van der Waals surface area contributed by atoms with Gasteiger partial charge in [-0.25, -0.2) is 0 Å². The van der Waals surface area contributed by atoms with Gasteiger partial charge in [0.1, 0.15) is 5.75 Å². The Hall–Kier alpha value is -2.85. The first-order chi connectivity index (χ1) is 13.2. The van der Waals surface area contributed by atoms with Crippen LogP contribution in [-0.4, -0.2) is 30.6 Å². The first kappa shape index (κ1) is 16.3. The van der Waals surface area contributed by atoms with Crippen LogP contribution in [0, 0.1) is 0 Å². The molecule has 0 N–H and O–H groups in total. The lowest BCUT2D eigenvalue weighted by Crippen LogP contribution is -2.40. The van der Waals surface area contributed by atoms with Gasteiger partial charge in [0, 0.05) is 23.5 Å². The van der Waals surface area contributed by atoms with Crippen molar-refractivity contribution in [3.8, 4) is 5.75 Å². The molecule has 0 saturated heterocycles. The van der Waals surface area contributed by atoms with E-state index in [0.717, 1.165) is 34.3 Å². The second-order valence-corrected chi connectivity index (χ2v) is 7.38. The standard InChI is InChI=1S/C23H22N2O2/c1-27-19-12-8-16(9-13-19)14-24(18-10-11-18)15-25-21-7-3-5-17-4-2-6-20(22(17)21)23(25)26/h2-9,12-13,18H,10-11,14-15H2,1H3. The van der Waals surface area contributed by atoms with Gasteiger partial charge in [-0.2, -0.15) is 0 Å². The van der Waals surface area contributed by atoms with Gasteiger partial charge in [0.15, 0.2) is 0 Å². The molecule has 136 valence electrons. The molecule has 4 heteroatoms. The van der Waals surface area contributed by atoms with Crippen LogP contribution in [0.4, 0.5) is 5.69 Å². The molecule has 0 bridgehead atoms. The van der Waals surface area contributed by atoms with Gasteiger partial charge in [-0.3, -0.25) is 14.6 Å². The number of rotatable bonds is 6. The van der Waals surface area contributed by atoms with Gasteiger partial charge >= 0.3 is 0 Å². The number of ether oxygens (including phenoxy) is 1. The minimum atomic E-state index is 0.113. The topological polar surface area (TPSA) is 32.8 Å². The van der Waals surface area contributed by atoms with Gasteiger partial charge < -0.3 is 4.74 Å². The van der Waals surface area contributed by atoms with Crippen molar-refractivity contribution in [1.82, 2.24) is 4.90 Å². The second kappa shape index (κ2) is 6.39. The summed E-state index contributed by atoms with van der Waals surface area (Å²) in [6.45, 7) is 1.47. The Balaban J connectivity index is 1.42. The van der Waals surface area contributed by atoms with E-state index in [1.807, 2.05) is 35.2 Å². The van der Waals surface area contributed by atoms with Gasteiger partial charge in [-0.05, 0) is 48.1 Å². The molecule has 1 aliphatic carbocycles. The summed E-state index contributed by atoms with van der Waals surface area (Å²) in [6, 6.07) is 20.9. The summed E-state index contributed by atoms with van der Waals surface area (Å²) < 4.78 is 5.26. The van der Waals surface area contributed by atoms with Gasteiger partial charge in [0.05, 0.1) is 19.5 Å². The quantitative estimate of drug-likeness (QED) is 0.653. The second-order valence-electron chi connectivity index (χ2n) is 7.38. The fourth-order valence-corrected chi connectivity index (χ4v) is 4.00. The molecule has 0 spiro atoms. The molecule has 0 atom stereocenters. The zero-order chi connectivity index (χ0) is 18.4. The first-order valence-corrected chi connectivity index (χ1v) is 9.45. The SMILES string of the molecule is COc1ccc(CN(CN2C(=O)c3cccc4cccc2c34)C2CC2)cc1. The lowest BCUT2D eigenvalue weighted by atomic mass is 10.1. The summed E-state index contributed by atoms with van der Waals surface area (Å²) in [4.78, 5) is 17.4. The molecule has 2 aliphatic rings. The molecule has 1 aliphatic heterocycles. The van der Waals surface area contributed by atoms with Crippen molar-refractivity contribution in [3.63, 3.8) is 0 Å². The summed E-state index contributed by atoms with van der Waals surface area (Å²) in [6.07, 6.45) is 2.41.